The summed E-state index contributed by atoms with van der Waals surface area (Å²) in [6.45, 7) is 2.57. The number of nitrogens with one attached hydrogen (secondary N) is 1. The van der Waals surface area contributed by atoms with Crippen molar-refractivity contribution in [2.45, 2.75) is 25.8 Å². The second-order valence-electron chi connectivity index (χ2n) is 6.32. The van der Waals surface area contributed by atoms with Crippen LogP contribution in [-0.2, 0) is 6.54 Å². The molecular formula is C19H21N3O3. The van der Waals surface area contributed by atoms with Crippen LogP contribution in [-0.4, -0.2) is 35.7 Å². The number of rotatable bonds is 4. The van der Waals surface area contributed by atoms with Crippen molar-refractivity contribution in [1.82, 2.24) is 9.88 Å². The molecule has 1 fully saturated rings. The number of fused-ring (bicyclic) bond motifs is 1. The van der Waals surface area contributed by atoms with Crippen molar-refractivity contribution < 1.29 is 14.3 Å². The van der Waals surface area contributed by atoms with Crippen LogP contribution in [0.2, 0.25) is 0 Å². The van der Waals surface area contributed by atoms with Gasteiger partial charge in [0.05, 0.1) is 0 Å². The maximum Gasteiger partial charge on any atom is 0.272 e. The van der Waals surface area contributed by atoms with Gasteiger partial charge >= 0.3 is 0 Å². The molecule has 1 N–H and O–H groups in total. The van der Waals surface area contributed by atoms with Crippen LogP contribution in [0.4, 0.5) is 5.69 Å². The lowest BCUT2D eigenvalue weighted by molar-refractivity contribution is 0.0718. The van der Waals surface area contributed by atoms with Gasteiger partial charge in [-0.15, -0.1) is 0 Å². The highest BCUT2D eigenvalue weighted by Gasteiger charge is 2.19. The largest absolute Gasteiger partial charge is 0.454 e. The SMILES string of the molecule is O=C(c1cc(NCc2ccc3c(c2)OCO3)ccn1)N1CCCCC1. The first-order valence-corrected chi connectivity index (χ1v) is 8.67. The Morgan fingerprint density at radius 1 is 1.08 bits per heavy atom. The van der Waals surface area contributed by atoms with Gasteiger partial charge in [0.2, 0.25) is 6.79 Å². The molecule has 0 atom stereocenters. The van der Waals surface area contributed by atoms with Crippen molar-refractivity contribution in [3.8, 4) is 11.5 Å². The molecule has 25 heavy (non-hydrogen) atoms. The fraction of sp³-hybridized carbons (Fsp3) is 0.368. The highest BCUT2D eigenvalue weighted by atomic mass is 16.7. The van der Waals surface area contributed by atoms with Crippen LogP contribution < -0.4 is 14.8 Å². The molecule has 1 saturated heterocycles. The fourth-order valence-electron chi connectivity index (χ4n) is 3.17. The molecule has 1 amide bonds. The summed E-state index contributed by atoms with van der Waals surface area (Å²) < 4.78 is 10.7. The van der Waals surface area contributed by atoms with Gasteiger partial charge in [-0.05, 0) is 49.1 Å². The maximum atomic E-state index is 12.6. The number of benzene rings is 1. The zero-order valence-electron chi connectivity index (χ0n) is 14.0. The Balaban J connectivity index is 1.42. The summed E-state index contributed by atoms with van der Waals surface area (Å²) in [5.74, 6) is 1.57. The van der Waals surface area contributed by atoms with E-state index in [0.717, 1.165) is 48.7 Å². The summed E-state index contributed by atoms with van der Waals surface area (Å²) in [5, 5.41) is 3.34. The van der Waals surface area contributed by atoms with Crippen LogP contribution in [0.1, 0.15) is 35.3 Å². The van der Waals surface area contributed by atoms with E-state index in [1.54, 1.807) is 6.20 Å². The minimum Gasteiger partial charge on any atom is -0.454 e. The highest BCUT2D eigenvalue weighted by molar-refractivity contribution is 5.93. The van der Waals surface area contributed by atoms with E-state index in [-0.39, 0.29) is 12.7 Å². The Morgan fingerprint density at radius 2 is 1.92 bits per heavy atom. The summed E-state index contributed by atoms with van der Waals surface area (Å²) in [6.07, 6.45) is 5.04. The summed E-state index contributed by atoms with van der Waals surface area (Å²) in [5.41, 5.74) is 2.47. The number of likely N-dealkylation sites (tertiary alicyclic amines) is 1. The summed E-state index contributed by atoms with van der Waals surface area (Å²) in [4.78, 5) is 18.7. The third-order valence-corrected chi connectivity index (χ3v) is 4.56. The predicted octanol–water partition coefficient (Wildman–Crippen LogP) is 3.05. The molecule has 6 heteroatoms. The Kier molecular flexibility index (Phi) is 4.41. The third-order valence-electron chi connectivity index (χ3n) is 4.56. The van der Waals surface area contributed by atoms with Crippen molar-refractivity contribution in [2.24, 2.45) is 0 Å². The first-order valence-electron chi connectivity index (χ1n) is 8.67. The molecule has 2 aliphatic rings. The van der Waals surface area contributed by atoms with E-state index in [1.165, 1.54) is 6.42 Å². The minimum absolute atomic E-state index is 0.0198. The van der Waals surface area contributed by atoms with Gasteiger partial charge in [0.15, 0.2) is 11.5 Å². The van der Waals surface area contributed by atoms with E-state index in [2.05, 4.69) is 10.3 Å². The second kappa shape index (κ2) is 7.01. The smallest absolute Gasteiger partial charge is 0.272 e. The highest BCUT2D eigenvalue weighted by Crippen LogP contribution is 2.32. The number of hydrogen-bond acceptors (Lipinski definition) is 5. The lowest BCUT2D eigenvalue weighted by atomic mass is 10.1. The van der Waals surface area contributed by atoms with Gasteiger partial charge in [-0.3, -0.25) is 9.78 Å². The number of ether oxygens (including phenoxy) is 2. The van der Waals surface area contributed by atoms with Gasteiger partial charge in [0.1, 0.15) is 5.69 Å². The van der Waals surface area contributed by atoms with E-state index in [1.807, 2.05) is 35.2 Å². The fourth-order valence-corrected chi connectivity index (χ4v) is 3.17. The Morgan fingerprint density at radius 3 is 2.80 bits per heavy atom. The molecule has 0 unspecified atom stereocenters. The number of carbonyl (C=O) groups excluding carboxylic acids is 1. The molecule has 0 spiro atoms. The third kappa shape index (κ3) is 3.52. The number of amides is 1. The van der Waals surface area contributed by atoms with Crippen molar-refractivity contribution in [2.75, 3.05) is 25.2 Å². The monoisotopic (exact) mass is 339 g/mol. The van der Waals surface area contributed by atoms with Crippen LogP contribution in [0, 0.1) is 0 Å². The average molecular weight is 339 g/mol. The summed E-state index contributed by atoms with van der Waals surface area (Å²) in [7, 11) is 0. The van der Waals surface area contributed by atoms with Crippen molar-refractivity contribution in [1.29, 1.82) is 0 Å². The number of carbonyl (C=O) groups is 1. The number of piperidine rings is 1. The van der Waals surface area contributed by atoms with Crippen LogP contribution in [0.15, 0.2) is 36.5 Å². The van der Waals surface area contributed by atoms with Crippen molar-refractivity contribution >= 4 is 11.6 Å². The van der Waals surface area contributed by atoms with E-state index >= 15 is 0 Å². The quantitative estimate of drug-likeness (QED) is 0.927. The summed E-state index contributed by atoms with van der Waals surface area (Å²) in [6, 6.07) is 9.58. The van der Waals surface area contributed by atoms with Crippen molar-refractivity contribution in [3.05, 3.63) is 47.8 Å². The molecule has 0 saturated carbocycles. The Bertz CT molecular complexity index is 772. The molecule has 1 aromatic carbocycles. The van der Waals surface area contributed by atoms with E-state index in [9.17, 15) is 4.79 Å². The average Bonchev–Trinajstić information content (AvgIpc) is 3.14. The molecule has 3 heterocycles. The lowest BCUT2D eigenvalue weighted by Gasteiger charge is -2.26. The van der Waals surface area contributed by atoms with Gasteiger partial charge in [-0.1, -0.05) is 6.07 Å². The normalized spacial score (nSPS) is 15.9. The maximum absolute atomic E-state index is 12.6. The topological polar surface area (TPSA) is 63.7 Å². The van der Waals surface area contributed by atoms with E-state index in [4.69, 9.17) is 9.47 Å². The Hall–Kier alpha value is -2.76. The van der Waals surface area contributed by atoms with Gasteiger partial charge in [-0.25, -0.2) is 0 Å². The van der Waals surface area contributed by atoms with Gasteiger partial charge in [-0.2, -0.15) is 0 Å². The molecule has 2 aromatic rings. The standard InChI is InChI=1S/C19H21N3O3/c23-19(22-8-2-1-3-9-22)16-11-15(6-7-20-16)21-12-14-4-5-17-18(10-14)25-13-24-17/h4-7,10-11H,1-3,8-9,12-13H2,(H,20,21). The summed E-state index contributed by atoms with van der Waals surface area (Å²) >= 11 is 0. The molecular weight excluding hydrogens is 318 g/mol. The van der Waals surface area contributed by atoms with Crippen LogP contribution >= 0.6 is 0 Å². The number of anilines is 1. The zero-order valence-corrected chi connectivity index (χ0v) is 14.0. The molecule has 0 bridgehead atoms. The minimum atomic E-state index is 0.0198. The van der Waals surface area contributed by atoms with Crippen LogP contribution in [0.5, 0.6) is 11.5 Å². The van der Waals surface area contributed by atoms with Crippen LogP contribution in [0.25, 0.3) is 0 Å². The lowest BCUT2D eigenvalue weighted by Crippen LogP contribution is -2.36. The van der Waals surface area contributed by atoms with E-state index < -0.39 is 0 Å². The van der Waals surface area contributed by atoms with Crippen molar-refractivity contribution in [3.63, 3.8) is 0 Å². The molecule has 2 aliphatic heterocycles. The Labute approximate surface area is 146 Å². The van der Waals surface area contributed by atoms with Gasteiger partial charge < -0.3 is 19.7 Å². The zero-order chi connectivity index (χ0) is 17.1. The molecule has 6 nitrogen and oxygen atoms in total. The molecule has 4 rings (SSSR count). The molecule has 1 aromatic heterocycles. The molecule has 0 radical (unpaired) electrons. The van der Waals surface area contributed by atoms with Crippen LogP contribution in [0.3, 0.4) is 0 Å². The first kappa shape index (κ1) is 15.7. The van der Waals surface area contributed by atoms with Gasteiger partial charge in [0.25, 0.3) is 5.91 Å². The number of pyridine rings is 1. The molecule has 0 aliphatic carbocycles. The number of hydrogen-bond donors (Lipinski definition) is 1. The number of aromatic nitrogens is 1. The van der Waals surface area contributed by atoms with Gasteiger partial charge in [0, 0.05) is 31.5 Å². The predicted molar refractivity (Wildman–Crippen MR) is 93.9 cm³/mol. The second-order valence-corrected chi connectivity index (χ2v) is 6.32. The molecule has 130 valence electrons. The van der Waals surface area contributed by atoms with E-state index in [0.29, 0.717) is 12.2 Å². The first-order chi connectivity index (χ1) is 12.3. The number of nitrogens with zero attached hydrogens (tertiary/aromatic N) is 2.